The zero-order valence-corrected chi connectivity index (χ0v) is 7.84. The molecule has 0 N–H and O–H groups in total. The van der Waals surface area contributed by atoms with E-state index in [-0.39, 0.29) is 0 Å². The maximum atomic E-state index is 10.3. The molecule has 0 heterocycles. The van der Waals surface area contributed by atoms with Gasteiger partial charge in [0.15, 0.2) is 0 Å². The monoisotopic (exact) mass is 233 g/mol. The van der Waals surface area contributed by atoms with Crippen molar-refractivity contribution in [3.8, 4) is 0 Å². The van der Waals surface area contributed by atoms with Gasteiger partial charge >= 0.3 is 0 Å². The number of carbonyl (C=O) groups is 1. The van der Waals surface area contributed by atoms with Crippen molar-refractivity contribution in [2.75, 3.05) is 3.93 Å². The van der Waals surface area contributed by atoms with Gasteiger partial charge in [-0.2, -0.15) is 0 Å². The van der Waals surface area contributed by atoms with Gasteiger partial charge in [0.25, 0.3) is 0 Å². The lowest BCUT2D eigenvalue weighted by Gasteiger charge is -2.08. The van der Waals surface area contributed by atoms with Crippen LogP contribution in [-0.4, -0.2) is 6.41 Å². The molecule has 0 radical (unpaired) electrons. The smallest absolute Gasteiger partial charge is 0.224 e. The van der Waals surface area contributed by atoms with Crippen molar-refractivity contribution in [2.24, 2.45) is 0 Å². The van der Waals surface area contributed by atoms with Crippen molar-refractivity contribution in [1.29, 1.82) is 0 Å². The molecule has 0 aliphatic carbocycles. The molecule has 0 fully saturated rings. The Morgan fingerprint density at radius 1 is 1.45 bits per heavy atom. The summed E-state index contributed by atoms with van der Waals surface area (Å²) < 4.78 is 1.25. The summed E-state index contributed by atoms with van der Waals surface area (Å²) in [5, 5.41) is 0.538. The summed E-state index contributed by atoms with van der Waals surface area (Å²) in [5.74, 6) is 0. The van der Waals surface area contributed by atoms with E-state index in [1.165, 1.54) is 3.93 Å². The predicted molar refractivity (Wildman–Crippen MR) is 48.9 cm³/mol. The standard InChI is InChI=1S/C7H5BrClNO/c8-10(5-11)7-4-2-1-3-6(7)9/h1-5H. The largest absolute Gasteiger partial charge is 0.277 e. The third kappa shape index (κ3) is 1.94. The van der Waals surface area contributed by atoms with Crippen molar-refractivity contribution in [1.82, 2.24) is 0 Å². The highest BCUT2D eigenvalue weighted by molar-refractivity contribution is 9.10. The molecule has 0 saturated heterocycles. The van der Waals surface area contributed by atoms with Crippen LogP contribution in [0.4, 0.5) is 5.69 Å². The van der Waals surface area contributed by atoms with Crippen LogP contribution >= 0.6 is 27.7 Å². The summed E-state index contributed by atoms with van der Waals surface area (Å²) in [7, 11) is 0. The van der Waals surface area contributed by atoms with Gasteiger partial charge in [-0.1, -0.05) is 23.7 Å². The van der Waals surface area contributed by atoms with Crippen LogP contribution in [0.2, 0.25) is 5.02 Å². The van der Waals surface area contributed by atoms with Crippen molar-refractivity contribution < 1.29 is 4.79 Å². The van der Waals surface area contributed by atoms with Gasteiger partial charge in [0.05, 0.1) is 26.9 Å². The van der Waals surface area contributed by atoms with Crippen molar-refractivity contribution >= 4 is 39.8 Å². The lowest BCUT2D eigenvalue weighted by Crippen LogP contribution is -2.05. The van der Waals surface area contributed by atoms with Crippen LogP contribution in [0.15, 0.2) is 24.3 Å². The summed E-state index contributed by atoms with van der Waals surface area (Å²) >= 11 is 8.78. The third-order valence-corrected chi connectivity index (χ3v) is 2.04. The highest BCUT2D eigenvalue weighted by Gasteiger charge is 2.03. The highest BCUT2D eigenvalue weighted by Crippen LogP contribution is 2.25. The van der Waals surface area contributed by atoms with Crippen LogP contribution in [0.25, 0.3) is 0 Å². The van der Waals surface area contributed by atoms with Gasteiger partial charge in [0.1, 0.15) is 0 Å². The number of rotatable bonds is 2. The molecule has 0 aliphatic rings. The van der Waals surface area contributed by atoms with E-state index >= 15 is 0 Å². The highest BCUT2D eigenvalue weighted by atomic mass is 79.9. The van der Waals surface area contributed by atoms with Crippen LogP contribution in [0.5, 0.6) is 0 Å². The molecule has 11 heavy (non-hydrogen) atoms. The number of carbonyl (C=O) groups excluding carboxylic acids is 1. The lowest BCUT2D eigenvalue weighted by molar-refractivity contribution is -0.106. The van der Waals surface area contributed by atoms with E-state index in [1.54, 1.807) is 24.3 Å². The number of halogens is 2. The fourth-order valence-electron chi connectivity index (χ4n) is 0.682. The Bertz CT molecular complexity index is 266. The SMILES string of the molecule is O=CN(Br)c1ccccc1Cl. The number of benzene rings is 1. The summed E-state index contributed by atoms with van der Waals surface area (Å²) in [6.07, 6.45) is 0.640. The number of hydrogen-bond acceptors (Lipinski definition) is 1. The Labute approximate surface area is 78.1 Å². The van der Waals surface area contributed by atoms with Gasteiger partial charge in [0.2, 0.25) is 6.41 Å². The molecule has 1 amide bonds. The first-order chi connectivity index (χ1) is 5.25. The molecule has 0 spiro atoms. The molecule has 4 heteroatoms. The molecule has 2 nitrogen and oxygen atoms in total. The van der Waals surface area contributed by atoms with Crippen molar-refractivity contribution in [3.63, 3.8) is 0 Å². The summed E-state index contributed by atoms with van der Waals surface area (Å²) in [4.78, 5) is 10.3. The first kappa shape index (κ1) is 8.56. The molecular weight excluding hydrogens is 229 g/mol. The van der Waals surface area contributed by atoms with Crippen LogP contribution in [0.3, 0.4) is 0 Å². The van der Waals surface area contributed by atoms with Gasteiger partial charge in [0, 0.05) is 0 Å². The van der Waals surface area contributed by atoms with Gasteiger partial charge in [-0.15, -0.1) is 0 Å². The lowest BCUT2D eigenvalue weighted by atomic mass is 10.3. The molecule has 1 rings (SSSR count). The molecular formula is C7H5BrClNO. The Balaban J connectivity index is 3.02. The first-order valence-electron chi connectivity index (χ1n) is 2.90. The Morgan fingerprint density at radius 2 is 2.09 bits per heavy atom. The Hall–Kier alpha value is -0.540. The minimum atomic E-state index is 0.538. The van der Waals surface area contributed by atoms with Gasteiger partial charge in [-0.3, -0.25) is 4.79 Å². The number of amides is 1. The summed E-state index contributed by atoms with van der Waals surface area (Å²) in [6, 6.07) is 7.07. The van der Waals surface area contributed by atoms with Gasteiger partial charge in [-0.05, 0) is 12.1 Å². The maximum absolute atomic E-state index is 10.3. The quantitative estimate of drug-likeness (QED) is 0.569. The summed E-state index contributed by atoms with van der Waals surface area (Å²) in [6.45, 7) is 0. The Kier molecular flexibility index (Phi) is 2.91. The fourth-order valence-corrected chi connectivity index (χ4v) is 1.32. The van der Waals surface area contributed by atoms with Crippen molar-refractivity contribution in [2.45, 2.75) is 0 Å². The third-order valence-electron chi connectivity index (χ3n) is 1.18. The molecule has 0 atom stereocenters. The normalized spacial score (nSPS) is 9.27. The van der Waals surface area contributed by atoms with Gasteiger partial charge in [-0.25, -0.2) is 3.93 Å². The van der Waals surface area contributed by atoms with Crippen LogP contribution < -0.4 is 3.93 Å². The van der Waals surface area contributed by atoms with E-state index in [4.69, 9.17) is 11.6 Å². The number of nitrogens with zero attached hydrogens (tertiary/aromatic N) is 1. The molecule has 0 saturated carbocycles. The first-order valence-corrected chi connectivity index (χ1v) is 3.99. The van der Waals surface area contributed by atoms with Crippen LogP contribution in [0.1, 0.15) is 0 Å². The minimum Gasteiger partial charge on any atom is -0.277 e. The molecule has 0 bridgehead atoms. The number of hydrogen-bond donors (Lipinski definition) is 0. The second kappa shape index (κ2) is 3.74. The average Bonchev–Trinajstić information content (AvgIpc) is 2.04. The van der Waals surface area contributed by atoms with E-state index < -0.39 is 0 Å². The molecule has 0 aliphatic heterocycles. The second-order valence-corrected chi connectivity index (χ2v) is 3.04. The fraction of sp³-hybridized carbons (Fsp3) is 0. The number of anilines is 1. The molecule has 58 valence electrons. The molecule has 1 aromatic carbocycles. The van der Waals surface area contributed by atoms with E-state index in [1.807, 2.05) is 0 Å². The topological polar surface area (TPSA) is 20.3 Å². The van der Waals surface area contributed by atoms with E-state index in [0.29, 0.717) is 17.1 Å². The van der Waals surface area contributed by atoms with E-state index in [2.05, 4.69) is 16.1 Å². The van der Waals surface area contributed by atoms with E-state index in [9.17, 15) is 4.79 Å². The second-order valence-electron chi connectivity index (χ2n) is 1.87. The van der Waals surface area contributed by atoms with Crippen LogP contribution in [0, 0.1) is 0 Å². The van der Waals surface area contributed by atoms with E-state index in [0.717, 1.165) is 0 Å². The van der Waals surface area contributed by atoms with Crippen molar-refractivity contribution in [3.05, 3.63) is 29.3 Å². The average molecular weight is 234 g/mol. The van der Waals surface area contributed by atoms with Gasteiger partial charge < -0.3 is 0 Å². The maximum Gasteiger partial charge on any atom is 0.224 e. The molecule has 0 unspecified atom stereocenters. The zero-order chi connectivity index (χ0) is 8.27. The van der Waals surface area contributed by atoms with Crippen LogP contribution in [-0.2, 0) is 4.79 Å². The molecule has 1 aromatic rings. The number of para-hydroxylation sites is 1. The zero-order valence-electron chi connectivity index (χ0n) is 5.50. The summed E-state index contributed by atoms with van der Waals surface area (Å²) in [5.41, 5.74) is 0.643. The Morgan fingerprint density at radius 3 is 2.64 bits per heavy atom. The predicted octanol–water partition coefficient (Wildman–Crippen LogP) is 2.61. The minimum absolute atomic E-state index is 0.538. The molecule has 0 aromatic heterocycles.